The molecule has 0 amide bonds. The SMILES string of the molecule is CCOc1ccc(C(C)N)cc1CN(CC)C(C)CC. The zero-order chi connectivity index (χ0) is 15.1. The molecule has 0 aliphatic carbocycles. The fraction of sp³-hybridized carbons (Fsp3) is 0.647. The lowest BCUT2D eigenvalue weighted by atomic mass is 10.0. The van der Waals surface area contributed by atoms with Gasteiger partial charge in [0.15, 0.2) is 0 Å². The summed E-state index contributed by atoms with van der Waals surface area (Å²) < 4.78 is 5.76. The van der Waals surface area contributed by atoms with E-state index in [4.69, 9.17) is 10.5 Å². The van der Waals surface area contributed by atoms with Crippen molar-refractivity contribution < 1.29 is 4.74 Å². The van der Waals surface area contributed by atoms with Crippen molar-refractivity contribution in [1.29, 1.82) is 0 Å². The Morgan fingerprint density at radius 1 is 1.20 bits per heavy atom. The van der Waals surface area contributed by atoms with Crippen molar-refractivity contribution in [3.8, 4) is 5.75 Å². The van der Waals surface area contributed by atoms with Crippen LogP contribution in [0.1, 0.15) is 58.2 Å². The second-order valence-corrected chi connectivity index (χ2v) is 5.41. The standard InChI is InChI=1S/C17H30N2O/c1-6-13(4)19(7-2)12-16-11-15(14(5)18)9-10-17(16)20-8-3/h9-11,13-14H,6-8,12,18H2,1-5H3. The Labute approximate surface area is 124 Å². The van der Waals surface area contributed by atoms with Crippen LogP contribution in [0, 0.1) is 0 Å². The van der Waals surface area contributed by atoms with Crippen molar-refractivity contribution in [1.82, 2.24) is 4.90 Å². The highest BCUT2D eigenvalue weighted by Gasteiger charge is 2.14. The third kappa shape index (κ3) is 4.50. The van der Waals surface area contributed by atoms with Crippen LogP contribution in [-0.4, -0.2) is 24.1 Å². The molecule has 0 fully saturated rings. The molecule has 0 spiro atoms. The Kier molecular flexibility index (Phi) is 7.03. The Hall–Kier alpha value is -1.06. The number of ether oxygens (including phenoxy) is 1. The van der Waals surface area contributed by atoms with E-state index in [1.54, 1.807) is 0 Å². The molecule has 1 rings (SSSR count). The molecule has 2 unspecified atom stereocenters. The molecule has 2 N–H and O–H groups in total. The molecular weight excluding hydrogens is 248 g/mol. The molecule has 1 aromatic carbocycles. The number of nitrogens with zero attached hydrogens (tertiary/aromatic N) is 1. The maximum atomic E-state index is 6.00. The van der Waals surface area contributed by atoms with E-state index in [0.717, 1.165) is 25.3 Å². The summed E-state index contributed by atoms with van der Waals surface area (Å²) in [5.74, 6) is 0.985. The van der Waals surface area contributed by atoms with E-state index >= 15 is 0 Å². The van der Waals surface area contributed by atoms with Crippen molar-refractivity contribution in [3.63, 3.8) is 0 Å². The van der Waals surface area contributed by atoms with E-state index in [0.29, 0.717) is 12.6 Å². The number of benzene rings is 1. The van der Waals surface area contributed by atoms with Gasteiger partial charge in [-0.05, 0) is 51.4 Å². The maximum Gasteiger partial charge on any atom is 0.123 e. The minimum atomic E-state index is 0.0584. The van der Waals surface area contributed by atoms with Gasteiger partial charge in [-0.3, -0.25) is 4.90 Å². The Bertz CT molecular complexity index is 404. The smallest absolute Gasteiger partial charge is 0.123 e. The monoisotopic (exact) mass is 278 g/mol. The fourth-order valence-corrected chi connectivity index (χ4v) is 2.36. The first-order valence-electron chi connectivity index (χ1n) is 7.78. The van der Waals surface area contributed by atoms with Crippen LogP contribution >= 0.6 is 0 Å². The van der Waals surface area contributed by atoms with Crippen LogP contribution < -0.4 is 10.5 Å². The molecule has 0 aromatic heterocycles. The van der Waals surface area contributed by atoms with Gasteiger partial charge >= 0.3 is 0 Å². The lowest BCUT2D eigenvalue weighted by Crippen LogP contribution is -2.32. The van der Waals surface area contributed by atoms with Gasteiger partial charge in [0.25, 0.3) is 0 Å². The van der Waals surface area contributed by atoms with Crippen LogP contribution in [0.15, 0.2) is 18.2 Å². The van der Waals surface area contributed by atoms with Gasteiger partial charge in [-0.1, -0.05) is 19.9 Å². The zero-order valence-electron chi connectivity index (χ0n) is 13.6. The van der Waals surface area contributed by atoms with E-state index in [2.05, 4.69) is 43.9 Å². The fourth-order valence-electron chi connectivity index (χ4n) is 2.36. The minimum Gasteiger partial charge on any atom is -0.494 e. The predicted molar refractivity (Wildman–Crippen MR) is 86.1 cm³/mol. The van der Waals surface area contributed by atoms with Crippen LogP contribution in [0.4, 0.5) is 0 Å². The Balaban J connectivity index is 3.02. The highest BCUT2D eigenvalue weighted by Crippen LogP contribution is 2.25. The normalized spacial score (nSPS) is 14.3. The van der Waals surface area contributed by atoms with E-state index in [1.165, 1.54) is 11.1 Å². The van der Waals surface area contributed by atoms with Gasteiger partial charge in [-0.2, -0.15) is 0 Å². The number of nitrogens with two attached hydrogens (primary N) is 1. The average Bonchev–Trinajstić information content (AvgIpc) is 2.45. The Morgan fingerprint density at radius 3 is 2.40 bits per heavy atom. The molecule has 0 bridgehead atoms. The van der Waals surface area contributed by atoms with Crippen LogP contribution in [0.2, 0.25) is 0 Å². The average molecular weight is 278 g/mol. The van der Waals surface area contributed by atoms with Crippen LogP contribution in [0.25, 0.3) is 0 Å². The second kappa shape index (κ2) is 8.28. The van der Waals surface area contributed by atoms with E-state index in [1.807, 2.05) is 13.8 Å². The highest BCUT2D eigenvalue weighted by molar-refractivity contribution is 5.38. The van der Waals surface area contributed by atoms with Gasteiger partial charge in [0.2, 0.25) is 0 Å². The van der Waals surface area contributed by atoms with Gasteiger partial charge in [0.1, 0.15) is 5.75 Å². The number of rotatable bonds is 8. The van der Waals surface area contributed by atoms with Crippen LogP contribution in [0.3, 0.4) is 0 Å². The van der Waals surface area contributed by atoms with Gasteiger partial charge in [0, 0.05) is 24.2 Å². The van der Waals surface area contributed by atoms with Crippen LogP contribution in [-0.2, 0) is 6.54 Å². The molecule has 114 valence electrons. The summed E-state index contributed by atoms with van der Waals surface area (Å²) >= 11 is 0. The van der Waals surface area contributed by atoms with Gasteiger partial charge < -0.3 is 10.5 Å². The quantitative estimate of drug-likeness (QED) is 0.787. The molecule has 3 nitrogen and oxygen atoms in total. The van der Waals surface area contributed by atoms with E-state index in [-0.39, 0.29) is 6.04 Å². The third-order valence-electron chi connectivity index (χ3n) is 3.90. The van der Waals surface area contributed by atoms with Crippen molar-refractivity contribution >= 4 is 0 Å². The molecule has 1 aromatic rings. The number of hydrogen-bond acceptors (Lipinski definition) is 3. The summed E-state index contributed by atoms with van der Waals surface area (Å²) in [6, 6.07) is 6.96. The molecule has 0 saturated carbocycles. The molecule has 0 heterocycles. The maximum absolute atomic E-state index is 6.00. The summed E-state index contributed by atoms with van der Waals surface area (Å²) in [7, 11) is 0. The lowest BCUT2D eigenvalue weighted by Gasteiger charge is -2.28. The molecule has 0 saturated heterocycles. The number of hydrogen-bond donors (Lipinski definition) is 1. The molecule has 0 aliphatic heterocycles. The summed E-state index contributed by atoms with van der Waals surface area (Å²) in [5, 5.41) is 0. The third-order valence-corrected chi connectivity index (χ3v) is 3.90. The summed E-state index contributed by atoms with van der Waals surface area (Å²) in [5.41, 5.74) is 8.41. The molecule has 20 heavy (non-hydrogen) atoms. The van der Waals surface area contributed by atoms with Crippen molar-refractivity contribution in [3.05, 3.63) is 29.3 Å². The second-order valence-electron chi connectivity index (χ2n) is 5.41. The largest absolute Gasteiger partial charge is 0.494 e. The summed E-state index contributed by atoms with van der Waals surface area (Å²) in [4.78, 5) is 2.48. The van der Waals surface area contributed by atoms with Crippen molar-refractivity contribution in [2.24, 2.45) is 5.73 Å². The Morgan fingerprint density at radius 2 is 1.90 bits per heavy atom. The van der Waals surface area contributed by atoms with Crippen molar-refractivity contribution in [2.75, 3.05) is 13.2 Å². The molecular formula is C17H30N2O. The van der Waals surface area contributed by atoms with Crippen LogP contribution in [0.5, 0.6) is 5.75 Å². The first-order chi connectivity index (χ1) is 9.53. The first kappa shape index (κ1) is 17.0. The predicted octanol–water partition coefficient (Wildman–Crippen LogP) is 3.73. The summed E-state index contributed by atoms with van der Waals surface area (Å²) in [6.07, 6.45) is 1.16. The zero-order valence-corrected chi connectivity index (χ0v) is 13.6. The highest BCUT2D eigenvalue weighted by atomic mass is 16.5. The van der Waals surface area contributed by atoms with E-state index in [9.17, 15) is 0 Å². The van der Waals surface area contributed by atoms with Gasteiger partial charge in [-0.25, -0.2) is 0 Å². The molecule has 0 aliphatic rings. The molecule has 3 heteroatoms. The minimum absolute atomic E-state index is 0.0584. The molecule has 0 radical (unpaired) electrons. The summed E-state index contributed by atoms with van der Waals surface area (Å²) in [6.45, 7) is 13.4. The van der Waals surface area contributed by atoms with E-state index < -0.39 is 0 Å². The molecule has 2 atom stereocenters. The topological polar surface area (TPSA) is 38.5 Å². The van der Waals surface area contributed by atoms with Gasteiger partial charge in [-0.15, -0.1) is 0 Å². The lowest BCUT2D eigenvalue weighted by molar-refractivity contribution is 0.202. The van der Waals surface area contributed by atoms with Gasteiger partial charge in [0.05, 0.1) is 6.61 Å². The van der Waals surface area contributed by atoms with Crippen molar-refractivity contribution in [2.45, 2.75) is 59.7 Å². The first-order valence-corrected chi connectivity index (χ1v) is 7.78.